The highest BCUT2D eigenvalue weighted by atomic mass is 35.5. The summed E-state index contributed by atoms with van der Waals surface area (Å²) in [5.74, 6) is 0. The SMILES string of the molecule is Cc1cnc(N2CCN(S(=O)(=O)c3cc(C(F)(F)F)ccc3Cl)CC2)s1. The highest BCUT2D eigenvalue weighted by Crippen LogP contribution is 2.34. The maximum atomic E-state index is 12.9. The maximum Gasteiger partial charge on any atom is 0.416 e. The summed E-state index contributed by atoms with van der Waals surface area (Å²) < 4.78 is 65.4. The topological polar surface area (TPSA) is 53.5 Å². The molecule has 26 heavy (non-hydrogen) atoms. The molecule has 1 fully saturated rings. The van der Waals surface area contributed by atoms with E-state index in [0.29, 0.717) is 19.2 Å². The zero-order valence-electron chi connectivity index (χ0n) is 13.6. The average molecular weight is 426 g/mol. The monoisotopic (exact) mass is 425 g/mol. The Kier molecular flexibility index (Phi) is 5.22. The van der Waals surface area contributed by atoms with Gasteiger partial charge in [-0.15, -0.1) is 11.3 Å². The Balaban J connectivity index is 1.81. The molecule has 2 heterocycles. The Labute approximate surface area is 158 Å². The van der Waals surface area contributed by atoms with Crippen molar-refractivity contribution in [2.75, 3.05) is 31.1 Å². The first-order chi connectivity index (χ1) is 12.1. The minimum Gasteiger partial charge on any atom is -0.345 e. The average Bonchev–Trinajstić information content (AvgIpc) is 3.00. The summed E-state index contributed by atoms with van der Waals surface area (Å²) in [6.45, 7) is 3.03. The molecular weight excluding hydrogens is 411 g/mol. The van der Waals surface area contributed by atoms with Crippen molar-refractivity contribution in [3.05, 3.63) is 39.9 Å². The van der Waals surface area contributed by atoms with Crippen molar-refractivity contribution in [2.45, 2.75) is 18.0 Å². The Morgan fingerprint density at radius 3 is 2.38 bits per heavy atom. The normalized spacial score (nSPS) is 16.9. The molecule has 3 rings (SSSR count). The van der Waals surface area contributed by atoms with Crippen molar-refractivity contribution in [2.24, 2.45) is 0 Å². The van der Waals surface area contributed by atoms with Gasteiger partial charge in [0.1, 0.15) is 4.90 Å². The predicted molar refractivity (Wildman–Crippen MR) is 94.3 cm³/mol. The molecule has 142 valence electrons. The number of aryl methyl sites for hydroxylation is 1. The molecule has 0 atom stereocenters. The lowest BCUT2D eigenvalue weighted by atomic mass is 10.2. The van der Waals surface area contributed by atoms with Crippen molar-refractivity contribution in [3.8, 4) is 0 Å². The number of nitrogens with zero attached hydrogens (tertiary/aromatic N) is 3. The number of rotatable bonds is 3. The van der Waals surface area contributed by atoms with Gasteiger partial charge < -0.3 is 4.90 Å². The quantitative estimate of drug-likeness (QED) is 0.753. The van der Waals surface area contributed by atoms with E-state index in [2.05, 4.69) is 4.98 Å². The third kappa shape index (κ3) is 3.83. The van der Waals surface area contributed by atoms with Crippen LogP contribution in [0.5, 0.6) is 0 Å². The van der Waals surface area contributed by atoms with Crippen LogP contribution in [0.3, 0.4) is 0 Å². The number of piperazine rings is 1. The van der Waals surface area contributed by atoms with Crippen LogP contribution in [-0.2, 0) is 16.2 Å². The number of aromatic nitrogens is 1. The van der Waals surface area contributed by atoms with Crippen LogP contribution in [0.2, 0.25) is 5.02 Å². The molecule has 0 amide bonds. The molecular formula is C15H15ClF3N3O2S2. The number of halogens is 4. The number of anilines is 1. The fourth-order valence-corrected chi connectivity index (χ4v) is 5.36. The first-order valence-corrected chi connectivity index (χ1v) is 10.3. The van der Waals surface area contributed by atoms with Gasteiger partial charge in [-0.3, -0.25) is 0 Å². The molecule has 1 aliphatic heterocycles. The van der Waals surface area contributed by atoms with Gasteiger partial charge in [0.25, 0.3) is 0 Å². The highest BCUT2D eigenvalue weighted by Gasteiger charge is 2.35. The molecule has 11 heteroatoms. The van der Waals surface area contributed by atoms with Gasteiger partial charge in [-0.05, 0) is 25.1 Å². The third-order valence-electron chi connectivity index (χ3n) is 3.99. The van der Waals surface area contributed by atoms with Crippen molar-refractivity contribution < 1.29 is 21.6 Å². The van der Waals surface area contributed by atoms with Gasteiger partial charge in [0.05, 0.1) is 10.6 Å². The molecule has 0 saturated carbocycles. The lowest BCUT2D eigenvalue weighted by Crippen LogP contribution is -2.48. The Morgan fingerprint density at radius 2 is 1.85 bits per heavy atom. The standard InChI is InChI=1S/C15H15ClF3N3O2S2/c1-10-9-20-14(25-10)21-4-6-22(7-5-21)26(23,24)13-8-11(15(17,18)19)2-3-12(13)16/h2-3,8-9H,4-7H2,1H3. The summed E-state index contributed by atoms with van der Waals surface area (Å²) in [6.07, 6.45) is -2.90. The number of alkyl halides is 3. The maximum absolute atomic E-state index is 12.9. The van der Waals surface area contributed by atoms with Crippen molar-refractivity contribution >= 4 is 38.1 Å². The molecule has 0 radical (unpaired) electrons. The highest BCUT2D eigenvalue weighted by molar-refractivity contribution is 7.89. The Hall–Kier alpha value is -1.36. The lowest BCUT2D eigenvalue weighted by Gasteiger charge is -2.34. The van der Waals surface area contributed by atoms with E-state index in [4.69, 9.17) is 11.6 Å². The van der Waals surface area contributed by atoms with Gasteiger partial charge in [0, 0.05) is 37.3 Å². The lowest BCUT2D eigenvalue weighted by molar-refractivity contribution is -0.137. The molecule has 0 N–H and O–H groups in total. The van der Waals surface area contributed by atoms with E-state index in [1.54, 1.807) is 6.20 Å². The second-order valence-corrected chi connectivity index (χ2v) is 9.31. The molecule has 1 saturated heterocycles. The summed E-state index contributed by atoms with van der Waals surface area (Å²) in [6, 6.07) is 2.32. The summed E-state index contributed by atoms with van der Waals surface area (Å²) in [5.41, 5.74) is -1.04. The number of thiazole rings is 1. The molecule has 0 aliphatic carbocycles. The van der Waals surface area contributed by atoms with Gasteiger partial charge >= 0.3 is 6.18 Å². The van der Waals surface area contributed by atoms with Crippen molar-refractivity contribution in [3.63, 3.8) is 0 Å². The number of benzene rings is 1. The van der Waals surface area contributed by atoms with Crippen LogP contribution < -0.4 is 4.90 Å². The van der Waals surface area contributed by atoms with E-state index in [1.165, 1.54) is 11.3 Å². The fraction of sp³-hybridized carbons (Fsp3) is 0.400. The van der Waals surface area contributed by atoms with E-state index in [-0.39, 0.29) is 18.1 Å². The second-order valence-electron chi connectivity index (χ2n) is 5.79. The van der Waals surface area contributed by atoms with Crippen LogP contribution in [0.4, 0.5) is 18.3 Å². The van der Waals surface area contributed by atoms with Crippen molar-refractivity contribution in [1.82, 2.24) is 9.29 Å². The Bertz CT molecular complexity index is 907. The van der Waals surface area contributed by atoms with Crippen LogP contribution in [0.15, 0.2) is 29.3 Å². The van der Waals surface area contributed by atoms with Gasteiger partial charge in [-0.1, -0.05) is 11.6 Å². The number of hydrogen-bond acceptors (Lipinski definition) is 5. The first-order valence-electron chi connectivity index (χ1n) is 7.63. The number of hydrogen-bond donors (Lipinski definition) is 0. The van der Waals surface area contributed by atoms with E-state index < -0.39 is 26.7 Å². The molecule has 0 spiro atoms. The molecule has 5 nitrogen and oxygen atoms in total. The van der Waals surface area contributed by atoms with E-state index in [0.717, 1.165) is 26.4 Å². The summed E-state index contributed by atoms with van der Waals surface area (Å²) in [7, 11) is -4.12. The van der Waals surface area contributed by atoms with Crippen LogP contribution in [0.1, 0.15) is 10.4 Å². The van der Waals surface area contributed by atoms with Crippen LogP contribution in [-0.4, -0.2) is 43.9 Å². The molecule has 1 aliphatic rings. The van der Waals surface area contributed by atoms with Crippen molar-refractivity contribution in [1.29, 1.82) is 0 Å². The fourth-order valence-electron chi connectivity index (χ4n) is 2.63. The van der Waals surface area contributed by atoms with Gasteiger partial charge in [-0.2, -0.15) is 17.5 Å². The van der Waals surface area contributed by atoms with Gasteiger partial charge in [0.2, 0.25) is 10.0 Å². The molecule has 0 bridgehead atoms. The Morgan fingerprint density at radius 1 is 1.19 bits per heavy atom. The largest absolute Gasteiger partial charge is 0.416 e. The van der Waals surface area contributed by atoms with Crippen LogP contribution in [0.25, 0.3) is 0 Å². The van der Waals surface area contributed by atoms with Gasteiger partial charge in [-0.25, -0.2) is 13.4 Å². The smallest absolute Gasteiger partial charge is 0.345 e. The minimum absolute atomic E-state index is 0.146. The molecule has 0 unspecified atom stereocenters. The number of sulfonamides is 1. The van der Waals surface area contributed by atoms with E-state index in [9.17, 15) is 21.6 Å². The molecule has 1 aromatic carbocycles. The zero-order valence-corrected chi connectivity index (χ0v) is 16.0. The predicted octanol–water partition coefficient (Wildman–Crippen LogP) is 3.63. The molecule has 2 aromatic rings. The van der Waals surface area contributed by atoms with Gasteiger partial charge in [0.15, 0.2) is 5.13 Å². The van der Waals surface area contributed by atoms with E-state index in [1.807, 2.05) is 11.8 Å². The second kappa shape index (κ2) is 6.99. The third-order valence-corrected chi connectivity index (χ3v) is 7.35. The van der Waals surface area contributed by atoms with E-state index >= 15 is 0 Å². The van der Waals surface area contributed by atoms with Crippen LogP contribution >= 0.6 is 22.9 Å². The zero-order chi connectivity index (χ0) is 19.1. The first kappa shape index (κ1) is 19.4. The summed E-state index contributed by atoms with van der Waals surface area (Å²) in [5, 5.41) is 0.577. The molecule has 1 aromatic heterocycles. The summed E-state index contributed by atoms with van der Waals surface area (Å²) >= 11 is 7.39. The minimum atomic E-state index is -4.64. The summed E-state index contributed by atoms with van der Waals surface area (Å²) in [4.78, 5) is 6.75. The van der Waals surface area contributed by atoms with Crippen LogP contribution in [0, 0.1) is 6.92 Å².